The van der Waals surface area contributed by atoms with Crippen LogP contribution in [0.15, 0.2) is 77.8 Å². The van der Waals surface area contributed by atoms with Gasteiger partial charge in [0.2, 0.25) is 18.2 Å². The molecule has 40 heavy (non-hydrogen) atoms. The minimum Gasteiger partial charge on any atom is -0.370 e. The zero-order valence-corrected chi connectivity index (χ0v) is 23.3. The Morgan fingerprint density at radius 3 is 2.00 bits per heavy atom. The lowest BCUT2D eigenvalue weighted by atomic mass is 9.88. The summed E-state index contributed by atoms with van der Waals surface area (Å²) in [7, 11) is 0. The topological polar surface area (TPSA) is 157 Å². The maximum Gasteiger partial charge on any atom is 0.246 e. The quantitative estimate of drug-likeness (QED) is 0.103. The number of imide groups is 1. The van der Waals surface area contributed by atoms with Crippen molar-refractivity contribution in [1.82, 2.24) is 4.90 Å². The molecule has 0 fully saturated rings. The fourth-order valence-corrected chi connectivity index (χ4v) is 4.95. The molecule has 0 heterocycles. The number of hydrogen-bond acceptors (Lipinski definition) is 5. The van der Waals surface area contributed by atoms with Gasteiger partial charge in [0.25, 0.3) is 0 Å². The lowest BCUT2D eigenvalue weighted by Crippen LogP contribution is -2.46. The molecule has 0 saturated carbocycles. The van der Waals surface area contributed by atoms with E-state index in [9.17, 15) is 14.4 Å². The van der Waals surface area contributed by atoms with Crippen LogP contribution in [0.2, 0.25) is 10.0 Å². The van der Waals surface area contributed by atoms with Gasteiger partial charge < -0.3 is 22.5 Å². The van der Waals surface area contributed by atoms with Crippen molar-refractivity contribution in [3.8, 4) is 0 Å². The number of carbonyl (C=O) groups is 3. The number of nitrogens with two attached hydrogens (primary N) is 3. The van der Waals surface area contributed by atoms with Gasteiger partial charge >= 0.3 is 0 Å². The first-order valence-corrected chi connectivity index (χ1v) is 13.4. The van der Waals surface area contributed by atoms with Crippen molar-refractivity contribution in [2.75, 3.05) is 11.9 Å². The average Bonchev–Trinajstić information content (AvgIpc) is 2.95. The van der Waals surface area contributed by atoms with Crippen LogP contribution >= 0.6 is 23.2 Å². The Bertz CT molecular complexity index is 1270. The molecule has 3 amide bonds. The van der Waals surface area contributed by atoms with Crippen molar-refractivity contribution in [3.05, 3.63) is 99.5 Å². The lowest BCUT2D eigenvalue weighted by molar-refractivity contribution is -0.146. The fraction of sp³-hybridized carbons (Fsp3) is 0.241. The number of hydrogen-bond donors (Lipinski definition) is 4. The zero-order valence-electron chi connectivity index (χ0n) is 21.8. The molecule has 210 valence electrons. The van der Waals surface area contributed by atoms with E-state index >= 15 is 0 Å². The summed E-state index contributed by atoms with van der Waals surface area (Å²) in [4.78, 5) is 43.4. The first-order valence-electron chi connectivity index (χ1n) is 12.6. The molecule has 3 aromatic carbocycles. The minimum atomic E-state index is -0.966. The highest BCUT2D eigenvalue weighted by Gasteiger charge is 2.30. The highest BCUT2D eigenvalue weighted by Crippen LogP contribution is 2.33. The molecule has 1 atom stereocenters. The zero-order chi connectivity index (χ0) is 29.1. The minimum absolute atomic E-state index is 0.0206. The standard InChI is InChI=1S/C29H32Cl2N6O3/c30-23-14-19(15-24(31)27(23)36-18-38)17-37(28(40)25(32)12-7-13-35-29(33)34)26(39)16-22(20-8-3-1-4-9-20)21-10-5-2-6-11-21/h1-6,8-11,14-15,18,22,25H,7,12-13,16-17,32H2,(H,36,38)(H4,33,34,35)/t25-/m1/s1. The van der Waals surface area contributed by atoms with Gasteiger partial charge in [-0.2, -0.15) is 0 Å². The number of carbonyl (C=O) groups excluding carboxylic acids is 3. The third-order valence-electron chi connectivity index (χ3n) is 6.28. The van der Waals surface area contributed by atoms with E-state index in [4.69, 9.17) is 40.4 Å². The van der Waals surface area contributed by atoms with Gasteiger partial charge in [0.15, 0.2) is 5.96 Å². The van der Waals surface area contributed by atoms with E-state index in [0.29, 0.717) is 24.9 Å². The monoisotopic (exact) mass is 582 g/mol. The molecule has 0 aliphatic rings. The van der Waals surface area contributed by atoms with Crippen molar-refractivity contribution in [1.29, 1.82) is 0 Å². The molecule has 0 saturated heterocycles. The Balaban J connectivity index is 1.92. The van der Waals surface area contributed by atoms with Gasteiger partial charge in [0, 0.05) is 18.9 Å². The highest BCUT2D eigenvalue weighted by atomic mass is 35.5. The van der Waals surface area contributed by atoms with E-state index in [1.54, 1.807) is 12.1 Å². The lowest BCUT2D eigenvalue weighted by Gasteiger charge is -2.27. The van der Waals surface area contributed by atoms with Gasteiger partial charge in [-0.15, -0.1) is 0 Å². The van der Waals surface area contributed by atoms with Crippen molar-refractivity contribution in [3.63, 3.8) is 0 Å². The maximum absolute atomic E-state index is 13.9. The smallest absolute Gasteiger partial charge is 0.246 e. The average molecular weight is 584 g/mol. The SMILES string of the molecule is NC(N)=NCCC[C@@H](N)C(=O)N(Cc1cc(Cl)c(NC=O)c(Cl)c1)C(=O)CC(c1ccccc1)c1ccccc1. The molecule has 0 spiro atoms. The summed E-state index contributed by atoms with van der Waals surface area (Å²) in [6.07, 6.45) is 1.20. The third kappa shape index (κ3) is 8.54. The highest BCUT2D eigenvalue weighted by molar-refractivity contribution is 6.39. The number of aliphatic imine (C=N–C) groups is 1. The van der Waals surface area contributed by atoms with Gasteiger partial charge in [-0.1, -0.05) is 83.9 Å². The van der Waals surface area contributed by atoms with Crippen molar-refractivity contribution in [2.45, 2.75) is 37.8 Å². The Morgan fingerprint density at radius 1 is 0.950 bits per heavy atom. The van der Waals surface area contributed by atoms with Crippen LogP contribution in [0.5, 0.6) is 0 Å². The van der Waals surface area contributed by atoms with E-state index < -0.39 is 17.9 Å². The van der Waals surface area contributed by atoms with Crippen molar-refractivity contribution >= 4 is 53.1 Å². The third-order valence-corrected chi connectivity index (χ3v) is 6.88. The number of guanidine groups is 1. The molecule has 3 aromatic rings. The van der Waals surface area contributed by atoms with Crippen molar-refractivity contribution in [2.24, 2.45) is 22.2 Å². The number of nitrogens with one attached hydrogen (secondary N) is 1. The summed E-state index contributed by atoms with van der Waals surface area (Å²) >= 11 is 12.6. The molecule has 0 aliphatic carbocycles. The molecule has 0 bridgehead atoms. The fourth-order valence-electron chi connectivity index (χ4n) is 4.31. The van der Waals surface area contributed by atoms with Crippen molar-refractivity contribution < 1.29 is 14.4 Å². The number of anilines is 1. The summed E-state index contributed by atoms with van der Waals surface area (Å²) in [5, 5.41) is 2.78. The second-order valence-corrected chi connectivity index (χ2v) is 9.96. The molecule has 7 N–H and O–H groups in total. The number of rotatable bonds is 13. The molecule has 9 nitrogen and oxygen atoms in total. The molecule has 0 aromatic heterocycles. The largest absolute Gasteiger partial charge is 0.370 e. The van der Waals surface area contributed by atoms with Crippen LogP contribution in [0.4, 0.5) is 5.69 Å². The summed E-state index contributed by atoms with van der Waals surface area (Å²) in [6, 6.07) is 21.4. The van der Waals surface area contributed by atoms with Gasteiger partial charge in [0.05, 0.1) is 28.3 Å². The predicted octanol–water partition coefficient (Wildman–Crippen LogP) is 4.02. The van der Waals surface area contributed by atoms with Crippen LogP contribution < -0.4 is 22.5 Å². The van der Waals surface area contributed by atoms with Gasteiger partial charge in [-0.05, 0) is 41.7 Å². The van der Waals surface area contributed by atoms with Crippen LogP contribution in [0.3, 0.4) is 0 Å². The molecule has 0 aliphatic heterocycles. The molecule has 0 unspecified atom stereocenters. The van der Waals surface area contributed by atoms with Crippen LogP contribution in [0.1, 0.15) is 41.9 Å². The van der Waals surface area contributed by atoms with E-state index in [0.717, 1.165) is 16.0 Å². The number of halogens is 2. The van der Waals surface area contributed by atoms with Gasteiger partial charge in [-0.3, -0.25) is 24.3 Å². The van der Waals surface area contributed by atoms with E-state index in [1.165, 1.54) is 0 Å². The molecule has 0 radical (unpaired) electrons. The predicted molar refractivity (Wildman–Crippen MR) is 159 cm³/mol. The Hall–Kier alpha value is -3.92. The van der Waals surface area contributed by atoms with Crippen LogP contribution in [-0.4, -0.2) is 41.7 Å². The van der Waals surface area contributed by atoms with Crippen LogP contribution in [0, 0.1) is 0 Å². The van der Waals surface area contributed by atoms with E-state index in [2.05, 4.69) is 10.3 Å². The number of benzene rings is 3. The normalized spacial score (nSPS) is 11.5. The summed E-state index contributed by atoms with van der Waals surface area (Å²) < 4.78 is 0. The summed E-state index contributed by atoms with van der Waals surface area (Å²) in [6.45, 7) is 0.189. The molecular formula is C29H32Cl2N6O3. The van der Waals surface area contributed by atoms with Crippen LogP contribution in [-0.2, 0) is 20.9 Å². The number of amides is 3. The molecule has 11 heteroatoms. The Labute approximate surface area is 243 Å². The van der Waals surface area contributed by atoms with E-state index in [1.807, 2.05) is 60.7 Å². The van der Waals surface area contributed by atoms with Gasteiger partial charge in [-0.25, -0.2) is 0 Å². The first-order chi connectivity index (χ1) is 19.2. The second-order valence-electron chi connectivity index (χ2n) is 9.15. The Kier molecular flexibility index (Phi) is 11.5. The summed E-state index contributed by atoms with van der Waals surface area (Å²) in [5.74, 6) is -1.30. The summed E-state index contributed by atoms with van der Waals surface area (Å²) in [5.41, 5.74) is 19.6. The second kappa shape index (κ2) is 15.0. The molecule has 3 rings (SSSR count). The molecular weight excluding hydrogens is 551 g/mol. The van der Waals surface area contributed by atoms with Gasteiger partial charge in [0.1, 0.15) is 0 Å². The maximum atomic E-state index is 13.9. The van der Waals surface area contributed by atoms with E-state index in [-0.39, 0.29) is 47.0 Å². The Morgan fingerprint density at radius 2 is 1.50 bits per heavy atom. The van der Waals surface area contributed by atoms with Crippen LogP contribution in [0.25, 0.3) is 0 Å². The number of nitrogens with zero attached hydrogens (tertiary/aromatic N) is 2. The first kappa shape index (κ1) is 30.6.